The zero-order valence-electron chi connectivity index (χ0n) is 15.1. The SMILES string of the molecule is CCOP(=NP(NP)(OCC)(OCC)OCC)(OCC)OCC. The second-order valence-electron chi connectivity index (χ2n) is 4.04. The van der Waals surface area contributed by atoms with E-state index in [9.17, 15) is 0 Å². The van der Waals surface area contributed by atoms with Gasteiger partial charge in [-0.25, -0.2) is 0 Å². The molecule has 11 heteroatoms. The van der Waals surface area contributed by atoms with Crippen LogP contribution in [0.2, 0.25) is 0 Å². The first-order chi connectivity index (χ1) is 10.9. The summed E-state index contributed by atoms with van der Waals surface area (Å²) in [6, 6.07) is 0. The Bertz CT molecular complexity index is 342. The normalized spacial score (nSPS) is 14.5. The molecule has 0 saturated carbocycles. The fourth-order valence-corrected chi connectivity index (χ4v) is 8.99. The summed E-state index contributed by atoms with van der Waals surface area (Å²) in [5.74, 6) is 0. The minimum absolute atomic E-state index is 0.340. The third-order valence-electron chi connectivity index (χ3n) is 2.43. The average Bonchev–Trinajstić information content (AvgIpc) is 2.49. The van der Waals surface area contributed by atoms with Crippen molar-refractivity contribution in [1.29, 1.82) is 0 Å². The molecule has 0 aliphatic heterocycles. The molecule has 0 saturated heterocycles. The molecule has 8 nitrogen and oxygen atoms in total. The van der Waals surface area contributed by atoms with Gasteiger partial charge in [-0.15, -0.1) is 0 Å². The molecular formula is C12H33N2O6P3. The van der Waals surface area contributed by atoms with Gasteiger partial charge >= 0.3 is 142 Å². The Morgan fingerprint density at radius 3 is 1.30 bits per heavy atom. The standard InChI is InChI=1S/C12H33N2O6P3/c1-7-15-22(16-8-2,17-9-3)14-23(13-21,18-10-4,19-11-5)20-12-6/h13H,7-12,21H2,1-6H3. The molecule has 0 heterocycles. The molecule has 142 valence electrons. The molecule has 0 fully saturated rings. The molecule has 1 unspecified atom stereocenters. The van der Waals surface area contributed by atoms with Crippen LogP contribution in [0.25, 0.3) is 0 Å². The summed E-state index contributed by atoms with van der Waals surface area (Å²) in [7, 11) is -4.73. The summed E-state index contributed by atoms with van der Waals surface area (Å²) in [4.78, 5) is 2.96. The Labute approximate surface area is 143 Å². The molecule has 0 bridgehead atoms. The number of nitrogens with one attached hydrogen (secondary N) is 1. The Morgan fingerprint density at radius 1 is 0.739 bits per heavy atom. The van der Waals surface area contributed by atoms with Crippen LogP contribution in [0.1, 0.15) is 41.5 Å². The minimum atomic E-state index is -4.05. The number of nitrogens with zero attached hydrogens (tertiary/aromatic N) is 1. The van der Waals surface area contributed by atoms with Crippen molar-refractivity contribution in [3.8, 4) is 0 Å². The van der Waals surface area contributed by atoms with Crippen molar-refractivity contribution in [2.75, 3.05) is 39.6 Å². The van der Waals surface area contributed by atoms with Crippen LogP contribution in [-0.4, -0.2) is 39.6 Å². The van der Waals surface area contributed by atoms with E-state index in [2.05, 4.69) is 14.2 Å². The zero-order valence-corrected chi connectivity index (χ0v) is 18.1. The van der Waals surface area contributed by atoms with Crippen molar-refractivity contribution in [3.63, 3.8) is 0 Å². The van der Waals surface area contributed by atoms with Gasteiger partial charge < -0.3 is 0 Å². The van der Waals surface area contributed by atoms with Crippen molar-refractivity contribution < 1.29 is 27.1 Å². The fraction of sp³-hybridized carbons (Fsp3) is 1.00. The van der Waals surface area contributed by atoms with Crippen LogP contribution in [-0.2, 0) is 27.1 Å². The van der Waals surface area contributed by atoms with E-state index in [1.165, 1.54) is 0 Å². The van der Waals surface area contributed by atoms with Gasteiger partial charge in [-0.2, -0.15) is 0 Å². The van der Waals surface area contributed by atoms with Gasteiger partial charge in [-0.3, -0.25) is 0 Å². The van der Waals surface area contributed by atoms with Gasteiger partial charge in [0.05, 0.1) is 0 Å². The first-order valence-electron chi connectivity index (χ1n) is 7.98. The molecule has 0 rings (SSSR count). The van der Waals surface area contributed by atoms with Crippen LogP contribution in [0.5, 0.6) is 0 Å². The summed E-state index contributed by atoms with van der Waals surface area (Å²) in [6.45, 7) is 13.3. The topological polar surface area (TPSA) is 79.8 Å². The number of hydrogen-bond acceptors (Lipinski definition) is 8. The van der Waals surface area contributed by atoms with Crippen molar-refractivity contribution >= 4 is 24.7 Å². The summed E-state index contributed by atoms with van der Waals surface area (Å²) in [6.07, 6.45) is 0. The van der Waals surface area contributed by atoms with Gasteiger partial charge in [-0.1, -0.05) is 0 Å². The van der Waals surface area contributed by atoms with Crippen molar-refractivity contribution in [3.05, 3.63) is 0 Å². The predicted molar refractivity (Wildman–Crippen MR) is 98.9 cm³/mol. The van der Waals surface area contributed by atoms with E-state index >= 15 is 0 Å². The number of rotatable bonds is 14. The van der Waals surface area contributed by atoms with Crippen LogP contribution >= 0.6 is 24.7 Å². The first-order valence-corrected chi connectivity index (χ1v) is 12.0. The maximum absolute atomic E-state index is 5.92. The number of hydrogen-bond donors (Lipinski definition) is 1. The molecule has 23 heavy (non-hydrogen) atoms. The third kappa shape index (κ3) is 6.56. The van der Waals surface area contributed by atoms with Crippen LogP contribution in [0, 0.1) is 0 Å². The Morgan fingerprint density at radius 2 is 1.09 bits per heavy atom. The molecule has 0 aliphatic carbocycles. The van der Waals surface area contributed by atoms with E-state index in [4.69, 9.17) is 31.7 Å². The maximum atomic E-state index is 5.92. The Hall–Kier alpha value is 0.810. The average molecular weight is 394 g/mol. The van der Waals surface area contributed by atoms with Crippen LogP contribution in [0.3, 0.4) is 0 Å². The molecule has 0 radical (unpaired) electrons. The van der Waals surface area contributed by atoms with Crippen molar-refractivity contribution in [2.24, 2.45) is 4.52 Å². The van der Waals surface area contributed by atoms with E-state index < -0.39 is 15.3 Å². The summed E-state index contributed by atoms with van der Waals surface area (Å²) >= 11 is 0. The van der Waals surface area contributed by atoms with E-state index in [1.54, 1.807) is 0 Å². The first kappa shape index (κ1) is 23.8. The van der Waals surface area contributed by atoms with E-state index in [0.717, 1.165) is 0 Å². The summed E-state index contributed by atoms with van der Waals surface area (Å²) in [5, 5.41) is 0. The molecule has 0 aliphatic rings. The van der Waals surface area contributed by atoms with Gasteiger partial charge in [0.25, 0.3) is 0 Å². The second kappa shape index (κ2) is 11.4. The van der Waals surface area contributed by atoms with Gasteiger partial charge in [-0.05, 0) is 0 Å². The van der Waals surface area contributed by atoms with E-state index in [-0.39, 0.29) is 0 Å². The van der Waals surface area contributed by atoms with E-state index in [0.29, 0.717) is 39.6 Å². The summed E-state index contributed by atoms with van der Waals surface area (Å²) < 4.78 is 39.8. The summed E-state index contributed by atoms with van der Waals surface area (Å²) in [5.41, 5.74) is 0. The van der Waals surface area contributed by atoms with Crippen molar-refractivity contribution in [2.45, 2.75) is 41.5 Å². The zero-order chi connectivity index (χ0) is 17.8. The molecule has 1 N–H and O–H groups in total. The second-order valence-corrected chi connectivity index (χ2v) is 9.96. The Balaban J connectivity index is 6.35. The fourth-order valence-electron chi connectivity index (χ4n) is 1.88. The molecule has 0 aromatic carbocycles. The monoisotopic (exact) mass is 394 g/mol. The van der Waals surface area contributed by atoms with Gasteiger partial charge in [0.2, 0.25) is 0 Å². The van der Waals surface area contributed by atoms with Crippen LogP contribution in [0.15, 0.2) is 4.52 Å². The molecular weight excluding hydrogens is 361 g/mol. The molecule has 1 atom stereocenters. The molecule has 0 aromatic heterocycles. The molecule has 0 amide bonds. The predicted octanol–water partition coefficient (Wildman–Crippen LogP) is 4.66. The van der Waals surface area contributed by atoms with E-state index in [1.807, 2.05) is 41.5 Å². The Kier molecular flexibility index (Phi) is 11.8. The molecule has 0 spiro atoms. The van der Waals surface area contributed by atoms with Crippen LogP contribution < -0.4 is 4.86 Å². The van der Waals surface area contributed by atoms with Gasteiger partial charge in [0, 0.05) is 0 Å². The van der Waals surface area contributed by atoms with Gasteiger partial charge in [0.1, 0.15) is 0 Å². The quantitative estimate of drug-likeness (QED) is 0.429. The molecule has 0 aromatic rings. The van der Waals surface area contributed by atoms with Crippen molar-refractivity contribution in [1.82, 2.24) is 4.86 Å². The van der Waals surface area contributed by atoms with Gasteiger partial charge in [0.15, 0.2) is 0 Å². The third-order valence-corrected chi connectivity index (χ3v) is 10.2. The van der Waals surface area contributed by atoms with Crippen LogP contribution in [0.4, 0.5) is 0 Å².